The zero-order chi connectivity index (χ0) is 14.7. The van der Waals surface area contributed by atoms with Crippen molar-refractivity contribution in [2.75, 3.05) is 36.0 Å². The SMILES string of the molecule is Cc1ccc(N2CCN(c3cc(C=O)ccn3)CC2)cc1. The molecule has 0 saturated carbocycles. The molecule has 1 saturated heterocycles. The van der Waals surface area contributed by atoms with Gasteiger partial charge >= 0.3 is 0 Å². The molecule has 0 aliphatic carbocycles. The monoisotopic (exact) mass is 281 g/mol. The molecule has 3 rings (SSSR count). The highest BCUT2D eigenvalue weighted by Gasteiger charge is 2.18. The van der Waals surface area contributed by atoms with Crippen LogP contribution in [0.2, 0.25) is 0 Å². The van der Waals surface area contributed by atoms with E-state index in [0.29, 0.717) is 5.56 Å². The van der Waals surface area contributed by atoms with Crippen LogP contribution >= 0.6 is 0 Å². The first-order valence-electron chi connectivity index (χ1n) is 7.24. The smallest absolute Gasteiger partial charge is 0.150 e. The van der Waals surface area contributed by atoms with Crippen molar-refractivity contribution in [3.8, 4) is 0 Å². The van der Waals surface area contributed by atoms with Crippen molar-refractivity contribution >= 4 is 17.8 Å². The van der Waals surface area contributed by atoms with Crippen molar-refractivity contribution < 1.29 is 4.79 Å². The topological polar surface area (TPSA) is 36.4 Å². The Bertz CT molecular complexity index is 616. The number of benzene rings is 1. The molecule has 108 valence electrons. The summed E-state index contributed by atoms with van der Waals surface area (Å²) in [7, 11) is 0. The molecule has 0 bridgehead atoms. The Hall–Kier alpha value is -2.36. The first-order valence-corrected chi connectivity index (χ1v) is 7.24. The van der Waals surface area contributed by atoms with Gasteiger partial charge in [0.25, 0.3) is 0 Å². The molecule has 0 unspecified atom stereocenters. The molecule has 1 aromatic heterocycles. The molecule has 1 fully saturated rings. The number of carbonyl (C=O) groups excluding carboxylic acids is 1. The highest BCUT2D eigenvalue weighted by atomic mass is 16.1. The summed E-state index contributed by atoms with van der Waals surface area (Å²) in [6.07, 6.45) is 2.57. The molecule has 0 spiro atoms. The molecule has 1 aliphatic rings. The molecular weight excluding hydrogens is 262 g/mol. The van der Waals surface area contributed by atoms with Gasteiger partial charge in [-0.15, -0.1) is 0 Å². The first-order chi connectivity index (χ1) is 10.3. The fourth-order valence-electron chi connectivity index (χ4n) is 2.63. The standard InChI is InChI=1S/C17H19N3O/c1-14-2-4-16(5-3-14)19-8-10-20(11-9-19)17-12-15(13-21)6-7-18-17/h2-7,12-13H,8-11H2,1H3. The van der Waals surface area contributed by atoms with Crippen LogP contribution in [0.3, 0.4) is 0 Å². The minimum absolute atomic E-state index is 0.681. The largest absolute Gasteiger partial charge is 0.368 e. The molecule has 1 aromatic carbocycles. The van der Waals surface area contributed by atoms with E-state index < -0.39 is 0 Å². The second-order valence-electron chi connectivity index (χ2n) is 5.37. The predicted octanol–water partition coefficient (Wildman–Crippen LogP) is 2.53. The van der Waals surface area contributed by atoms with E-state index in [-0.39, 0.29) is 0 Å². The molecule has 0 amide bonds. The number of rotatable bonds is 3. The minimum Gasteiger partial charge on any atom is -0.368 e. The maximum Gasteiger partial charge on any atom is 0.150 e. The van der Waals surface area contributed by atoms with E-state index in [9.17, 15) is 4.79 Å². The third-order valence-corrected chi connectivity index (χ3v) is 3.91. The molecular formula is C17H19N3O. The zero-order valence-electron chi connectivity index (χ0n) is 12.2. The summed E-state index contributed by atoms with van der Waals surface area (Å²) >= 11 is 0. The van der Waals surface area contributed by atoms with Crippen LogP contribution in [0.5, 0.6) is 0 Å². The average Bonchev–Trinajstić information content (AvgIpc) is 2.56. The van der Waals surface area contributed by atoms with E-state index in [0.717, 1.165) is 38.3 Å². The quantitative estimate of drug-likeness (QED) is 0.810. The maximum atomic E-state index is 10.9. The fraction of sp³-hybridized carbons (Fsp3) is 0.294. The van der Waals surface area contributed by atoms with E-state index in [1.807, 2.05) is 6.07 Å². The summed E-state index contributed by atoms with van der Waals surface area (Å²) in [5.41, 5.74) is 3.24. The highest BCUT2D eigenvalue weighted by Crippen LogP contribution is 2.20. The molecule has 1 aliphatic heterocycles. The third-order valence-electron chi connectivity index (χ3n) is 3.91. The number of hydrogen-bond donors (Lipinski definition) is 0. The summed E-state index contributed by atoms with van der Waals surface area (Å²) in [6, 6.07) is 12.2. The van der Waals surface area contributed by atoms with Gasteiger partial charge in [-0.3, -0.25) is 4.79 Å². The molecule has 4 heteroatoms. The van der Waals surface area contributed by atoms with E-state index in [1.165, 1.54) is 11.3 Å². The third kappa shape index (κ3) is 3.05. The van der Waals surface area contributed by atoms with Crippen LogP contribution in [0.25, 0.3) is 0 Å². The molecule has 2 heterocycles. The van der Waals surface area contributed by atoms with Gasteiger partial charge in [0.15, 0.2) is 0 Å². The Labute approximate surface area is 125 Å². The lowest BCUT2D eigenvalue weighted by Gasteiger charge is -2.36. The predicted molar refractivity (Wildman–Crippen MR) is 85.2 cm³/mol. The van der Waals surface area contributed by atoms with Gasteiger partial charge in [0.1, 0.15) is 12.1 Å². The van der Waals surface area contributed by atoms with Crippen molar-refractivity contribution in [2.45, 2.75) is 6.92 Å². The van der Waals surface area contributed by atoms with Crippen LogP contribution in [-0.2, 0) is 0 Å². The van der Waals surface area contributed by atoms with E-state index in [1.54, 1.807) is 12.3 Å². The Morgan fingerprint density at radius 3 is 2.33 bits per heavy atom. The fourth-order valence-corrected chi connectivity index (χ4v) is 2.63. The van der Waals surface area contributed by atoms with E-state index in [2.05, 4.69) is 46.0 Å². The summed E-state index contributed by atoms with van der Waals surface area (Å²) in [4.78, 5) is 19.8. The Morgan fingerprint density at radius 2 is 1.67 bits per heavy atom. The van der Waals surface area contributed by atoms with Gasteiger partial charge in [0.05, 0.1) is 0 Å². The maximum absolute atomic E-state index is 10.9. The van der Waals surface area contributed by atoms with Gasteiger partial charge in [-0.2, -0.15) is 0 Å². The van der Waals surface area contributed by atoms with Crippen LogP contribution in [0, 0.1) is 6.92 Å². The number of aryl methyl sites for hydroxylation is 1. The highest BCUT2D eigenvalue weighted by molar-refractivity contribution is 5.76. The van der Waals surface area contributed by atoms with Crippen molar-refractivity contribution in [2.24, 2.45) is 0 Å². The lowest BCUT2D eigenvalue weighted by molar-refractivity contribution is 0.112. The number of aromatic nitrogens is 1. The van der Waals surface area contributed by atoms with Crippen LogP contribution in [-0.4, -0.2) is 37.4 Å². The summed E-state index contributed by atoms with van der Waals surface area (Å²) < 4.78 is 0. The molecule has 2 aromatic rings. The summed E-state index contributed by atoms with van der Waals surface area (Å²) in [5.74, 6) is 0.892. The lowest BCUT2D eigenvalue weighted by Crippen LogP contribution is -2.46. The zero-order valence-corrected chi connectivity index (χ0v) is 12.2. The molecule has 21 heavy (non-hydrogen) atoms. The molecule has 0 N–H and O–H groups in total. The Morgan fingerprint density at radius 1 is 1.00 bits per heavy atom. The van der Waals surface area contributed by atoms with Gasteiger partial charge in [-0.25, -0.2) is 4.98 Å². The summed E-state index contributed by atoms with van der Waals surface area (Å²) in [5, 5.41) is 0. The number of aldehydes is 1. The van der Waals surface area contributed by atoms with Crippen molar-refractivity contribution in [1.29, 1.82) is 0 Å². The number of carbonyl (C=O) groups is 1. The Balaban J connectivity index is 1.67. The number of anilines is 2. The van der Waals surface area contributed by atoms with Crippen molar-refractivity contribution in [3.63, 3.8) is 0 Å². The number of piperazine rings is 1. The van der Waals surface area contributed by atoms with Gasteiger partial charge in [-0.1, -0.05) is 17.7 Å². The van der Waals surface area contributed by atoms with Crippen LogP contribution in [0.4, 0.5) is 11.5 Å². The molecule has 0 atom stereocenters. The van der Waals surface area contributed by atoms with E-state index in [4.69, 9.17) is 0 Å². The number of nitrogens with zero attached hydrogens (tertiary/aromatic N) is 3. The second-order valence-corrected chi connectivity index (χ2v) is 5.37. The lowest BCUT2D eigenvalue weighted by atomic mass is 10.2. The van der Waals surface area contributed by atoms with Gasteiger partial charge in [0, 0.05) is 43.6 Å². The van der Waals surface area contributed by atoms with Gasteiger partial charge in [0.2, 0.25) is 0 Å². The van der Waals surface area contributed by atoms with Gasteiger partial charge in [-0.05, 0) is 31.2 Å². The average molecular weight is 281 g/mol. The first kappa shape index (κ1) is 13.6. The minimum atomic E-state index is 0.681. The van der Waals surface area contributed by atoms with Crippen molar-refractivity contribution in [3.05, 3.63) is 53.7 Å². The van der Waals surface area contributed by atoms with E-state index >= 15 is 0 Å². The second kappa shape index (κ2) is 5.95. The van der Waals surface area contributed by atoms with Crippen LogP contribution < -0.4 is 9.80 Å². The summed E-state index contributed by atoms with van der Waals surface area (Å²) in [6.45, 7) is 5.88. The van der Waals surface area contributed by atoms with Gasteiger partial charge < -0.3 is 9.80 Å². The van der Waals surface area contributed by atoms with Crippen molar-refractivity contribution in [1.82, 2.24) is 4.98 Å². The normalized spacial score (nSPS) is 15.1. The number of pyridine rings is 1. The number of hydrogen-bond acceptors (Lipinski definition) is 4. The molecule has 4 nitrogen and oxygen atoms in total. The van der Waals surface area contributed by atoms with Crippen LogP contribution in [0.1, 0.15) is 15.9 Å². The van der Waals surface area contributed by atoms with Crippen LogP contribution in [0.15, 0.2) is 42.6 Å². The molecule has 0 radical (unpaired) electrons. The Kier molecular flexibility index (Phi) is 3.86.